The summed E-state index contributed by atoms with van der Waals surface area (Å²) in [6.07, 6.45) is 1.35. The molecule has 0 fully saturated rings. The van der Waals surface area contributed by atoms with Gasteiger partial charge in [0.2, 0.25) is 0 Å². The summed E-state index contributed by atoms with van der Waals surface area (Å²) in [4.78, 5) is 3.72. The van der Waals surface area contributed by atoms with Crippen molar-refractivity contribution in [2.75, 3.05) is 12.1 Å². The van der Waals surface area contributed by atoms with Crippen LogP contribution in [0.25, 0.3) is 0 Å². The van der Waals surface area contributed by atoms with Crippen LogP contribution < -0.4 is 5.01 Å². The summed E-state index contributed by atoms with van der Waals surface area (Å²) in [6, 6.07) is 6.05. The number of benzene rings is 1. The molecule has 0 N–H and O–H groups in total. The summed E-state index contributed by atoms with van der Waals surface area (Å²) in [5, 5.41) is 13.6. The van der Waals surface area contributed by atoms with Crippen molar-refractivity contribution in [1.82, 2.24) is 0 Å². The molecule has 0 heterocycles. The van der Waals surface area contributed by atoms with Gasteiger partial charge in [-0.05, 0) is 12.1 Å². The van der Waals surface area contributed by atoms with E-state index in [0.29, 0.717) is 5.69 Å². The van der Waals surface area contributed by atoms with E-state index in [2.05, 4.69) is 16.8 Å². The van der Waals surface area contributed by atoms with Gasteiger partial charge in [-0.2, -0.15) is 10.4 Å². The number of nitriles is 1. The van der Waals surface area contributed by atoms with Crippen LogP contribution in [-0.2, 0) is 0 Å². The van der Waals surface area contributed by atoms with E-state index in [1.807, 2.05) is 0 Å². The lowest BCUT2D eigenvalue weighted by Crippen LogP contribution is -2.14. The first-order chi connectivity index (χ1) is 7.24. The lowest BCUT2D eigenvalue weighted by molar-refractivity contribution is 0.624. The molecule has 1 aromatic carbocycles. The molecule has 0 radical (unpaired) electrons. The van der Waals surface area contributed by atoms with Crippen LogP contribution in [-0.4, -0.2) is 20.1 Å². The van der Waals surface area contributed by atoms with E-state index in [4.69, 9.17) is 5.26 Å². The normalized spacial score (nSPS) is 9.93. The van der Waals surface area contributed by atoms with E-state index < -0.39 is 5.82 Å². The fraction of sp³-hybridized carbons (Fsp3) is 0.100. The minimum Gasteiger partial charge on any atom is -0.277 e. The average molecular weight is 204 g/mol. The molecule has 0 atom stereocenters. The van der Waals surface area contributed by atoms with E-state index in [0.717, 1.165) is 0 Å². The zero-order chi connectivity index (χ0) is 11.3. The van der Waals surface area contributed by atoms with Gasteiger partial charge in [-0.3, -0.25) is 4.99 Å². The summed E-state index contributed by atoms with van der Waals surface area (Å²) < 4.78 is 13.2. The molecular weight excluding hydrogens is 195 g/mol. The number of hydrogen-bond acceptors (Lipinski definition) is 3. The van der Waals surface area contributed by atoms with Crippen LogP contribution in [0.15, 0.2) is 28.3 Å². The number of anilines is 1. The number of nitrogens with zero attached hydrogens (tertiary/aromatic N) is 4. The Morgan fingerprint density at radius 1 is 1.60 bits per heavy atom. The van der Waals surface area contributed by atoms with Crippen molar-refractivity contribution in [3.8, 4) is 6.07 Å². The molecule has 0 aliphatic rings. The third-order valence-corrected chi connectivity index (χ3v) is 1.73. The number of halogens is 1. The second-order valence-electron chi connectivity index (χ2n) is 2.61. The van der Waals surface area contributed by atoms with Gasteiger partial charge in [0.15, 0.2) is 0 Å². The maximum absolute atomic E-state index is 13.2. The van der Waals surface area contributed by atoms with Gasteiger partial charge >= 0.3 is 0 Å². The molecule has 1 rings (SSSR count). The molecule has 15 heavy (non-hydrogen) atoms. The molecular formula is C10H9FN4. The van der Waals surface area contributed by atoms with E-state index in [1.54, 1.807) is 19.2 Å². The Kier molecular flexibility index (Phi) is 3.52. The van der Waals surface area contributed by atoms with Crippen molar-refractivity contribution >= 4 is 18.7 Å². The van der Waals surface area contributed by atoms with Crippen molar-refractivity contribution in [3.63, 3.8) is 0 Å². The highest BCUT2D eigenvalue weighted by molar-refractivity contribution is 5.81. The van der Waals surface area contributed by atoms with Gasteiger partial charge in [0.05, 0.1) is 5.69 Å². The lowest BCUT2D eigenvalue weighted by Gasteiger charge is -2.13. The zero-order valence-corrected chi connectivity index (χ0v) is 8.18. The van der Waals surface area contributed by atoms with Crippen molar-refractivity contribution in [2.45, 2.75) is 0 Å². The lowest BCUT2D eigenvalue weighted by atomic mass is 10.2. The van der Waals surface area contributed by atoms with Crippen molar-refractivity contribution < 1.29 is 4.39 Å². The Hall–Kier alpha value is -2.22. The zero-order valence-electron chi connectivity index (χ0n) is 8.18. The third kappa shape index (κ3) is 2.17. The second-order valence-corrected chi connectivity index (χ2v) is 2.61. The van der Waals surface area contributed by atoms with Crippen molar-refractivity contribution in [2.24, 2.45) is 10.1 Å². The standard InChI is InChI=1S/C10H9FN4/c1-13-7-15(14-2)10-5-3-4-9(11)8(10)6-12/h3-5,7H,2H2,1H3. The molecule has 0 bridgehead atoms. The molecule has 5 heteroatoms. The van der Waals surface area contributed by atoms with Crippen LogP contribution in [0, 0.1) is 17.1 Å². The molecule has 76 valence electrons. The van der Waals surface area contributed by atoms with Crippen LogP contribution in [0.3, 0.4) is 0 Å². The van der Waals surface area contributed by atoms with Gasteiger partial charge in [0.1, 0.15) is 23.8 Å². The first kappa shape index (κ1) is 10.9. The van der Waals surface area contributed by atoms with Gasteiger partial charge in [-0.1, -0.05) is 6.07 Å². The van der Waals surface area contributed by atoms with Gasteiger partial charge in [-0.15, -0.1) is 0 Å². The molecule has 4 nitrogen and oxygen atoms in total. The van der Waals surface area contributed by atoms with Gasteiger partial charge in [-0.25, -0.2) is 9.40 Å². The topological polar surface area (TPSA) is 51.8 Å². The van der Waals surface area contributed by atoms with Crippen LogP contribution in [0.5, 0.6) is 0 Å². The number of hydrogen-bond donors (Lipinski definition) is 0. The van der Waals surface area contributed by atoms with Gasteiger partial charge < -0.3 is 0 Å². The molecule has 0 aromatic heterocycles. The SMILES string of the molecule is C=NN(C=NC)c1cccc(F)c1C#N. The maximum atomic E-state index is 13.2. The van der Waals surface area contributed by atoms with E-state index in [9.17, 15) is 4.39 Å². The Bertz CT molecular complexity index is 434. The van der Waals surface area contributed by atoms with E-state index in [1.165, 1.54) is 23.5 Å². The van der Waals surface area contributed by atoms with E-state index in [-0.39, 0.29) is 5.56 Å². The highest BCUT2D eigenvalue weighted by atomic mass is 19.1. The van der Waals surface area contributed by atoms with Crippen LogP contribution in [0.1, 0.15) is 5.56 Å². The molecule has 0 aliphatic carbocycles. The van der Waals surface area contributed by atoms with Crippen molar-refractivity contribution in [3.05, 3.63) is 29.6 Å². The van der Waals surface area contributed by atoms with Crippen molar-refractivity contribution in [1.29, 1.82) is 5.26 Å². The third-order valence-electron chi connectivity index (χ3n) is 1.73. The van der Waals surface area contributed by atoms with Crippen LogP contribution in [0.4, 0.5) is 10.1 Å². The second kappa shape index (κ2) is 4.86. The first-order valence-electron chi connectivity index (χ1n) is 4.11. The average Bonchev–Trinajstić information content (AvgIpc) is 2.25. The molecule has 0 saturated heterocycles. The monoisotopic (exact) mass is 204 g/mol. The maximum Gasteiger partial charge on any atom is 0.143 e. The summed E-state index contributed by atoms with van der Waals surface area (Å²) in [6.45, 7) is 3.31. The summed E-state index contributed by atoms with van der Waals surface area (Å²) in [7, 11) is 1.55. The fourth-order valence-electron chi connectivity index (χ4n) is 1.10. The Morgan fingerprint density at radius 3 is 2.87 bits per heavy atom. The number of aliphatic imine (C=N–C) groups is 1. The van der Waals surface area contributed by atoms with E-state index >= 15 is 0 Å². The largest absolute Gasteiger partial charge is 0.277 e. The number of hydrazone groups is 1. The van der Waals surface area contributed by atoms with Crippen LogP contribution >= 0.6 is 0 Å². The summed E-state index contributed by atoms with van der Waals surface area (Å²) in [5.74, 6) is -0.590. The minimum absolute atomic E-state index is 0.0789. The van der Waals surface area contributed by atoms with Gasteiger partial charge in [0.25, 0.3) is 0 Å². The highest BCUT2D eigenvalue weighted by Gasteiger charge is 2.11. The molecule has 0 saturated carbocycles. The number of rotatable bonds is 3. The quantitative estimate of drug-likeness (QED) is 0.428. The van der Waals surface area contributed by atoms with Gasteiger partial charge in [0, 0.05) is 13.8 Å². The molecule has 0 spiro atoms. The highest BCUT2D eigenvalue weighted by Crippen LogP contribution is 2.21. The summed E-state index contributed by atoms with van der Waals surface area (Å²) >= 11 is 0. The van der Waals surface area contributed by atoms with Crippen LogP contribution in [0.2, 0.25) is 0 Å². The Balaban J connectivity index is 3.30. The molecule has 0 aliphatic heterocycles. The predicted molar refractivity (Wildman–Crippen MR) is 57.6 cm³/mol. The smallest absolute Gasteiger partial charge is 0.143 e. The first-order valence-corrected chi connectivity index (χ1v) is 4.11. The summed E-state index contributed by atoms with van der Waals surface area (Å²) in [5.41, 5.74) is 0.239. The molecule has 0 unspecified atom stereocenters. The molecule has 1 aromatic rings. The molecule has 0 amide bonds. The predicted octanol–water partition coefficient (Wildman–Crippen LogP) is 1.78. The Labute approximate surface area is 87.0 Å². The minimum atomic E-state index is -0.590. The fourth-order valence-corrected chi connectivity index (χ4v) is 1.10. The Morgan fingerprint density at radius 2 is 2.33 bits per heavy atom.